The van der Waals surface area contributed by atoms with Gasteiger partial charge in [0.05, 0.1) is 0 Å². The molecule has 1 aromatic rings. The van der Waals surface area contributed by atoms with Crippen LogP contribution in [0, 0.1) is 6.92 Å². The van der Waals surface area contributed by atoms with Crippen molar-refractivity contribution in [1.29, 1.82) is 0 Å². The molecule has 0 spiro atoms. The normalized spacial score (nSPS) is 10.5. The molecule has 0 atom stereocenters. The van der Waals surface area contributed by atoms with Gasteiger partial charge in [0.1, 0.15) is 5.69 Å². The largest absolute Gasteiger partial charge is 0.302 e. The zero-order chi connectivity index (χ0) is 10.0. The van der Waals surface area contributed by atoms with Gasteiger partial charge in [-0.1, -0.05) is 0 Å². The molecule has 0 saturated heterocycles. The van der Waals surface area contributed by atoms with Crippen LogP contribution in [-0.4, -0.2) is 17.2 Å². The average molecular weight is 250 g/mol. The van der Waals surface area contributed by atoms with Gasteiger partial charge in [0.15, 0.2) is 0 Å². The number of Topliss-reactive ketones (excluding diaryl/α,β-unsaturated/α-hetero) is 1. The molecule has 0 aliphatic heterocycles. The Morgan fingerprint density at radius 3 is 2.69 bits per heavy atom. The Hall–Kier alpha value is -0.840. The molecule has 0 bridgehead atoms. The molecule has 5 heteroatoms. The van der Waals surface area contributed by atoms with Gasteiger partial charge in [-0.05, 0) is 34.5 Å². The smallest absolute Gasteiger partial charge is 0.286 e. The molecular formula is C8H6BrF2NO. The minimum atomic E-state index is -2.99. The van der Waals surface area contributed by atoms with Crippen LogP contribution in [0.5, 0.6) is 0 Å². The van der Waals surface area contributed by atoms with Crippen LogP contribution in [-0.2, 0) is 0 Å². The highest BCUT2D eigenvalue weighted by Gasteiger charge is 2.20. The molecule has 0 unspecified atom stereocenters. The van der Waals surface area contributed by atoms with E-state index in [2.05, 4.69) is 20.9 Å². The zero-order valence-corrected chi connectivity index (χ0v) is 8.31. The number of carbonyl (C=O) groups excluding carboxylic acids is 1. The van der Waals surface area contributed by atoms with Crippen molar-refractivity contribution >= 4 is 21.7 Å². The fourth-order valence-corrected chi connectivity index (χ4v) is 1.35. The lowest BCUT2D eigenvalue weighted by molar-refractivity contribution is 0.0672. The molecule has 0 aliphatic rings. The van der Waals surface area contributed by atoms with Gasteiger partial charge >= 0.3 is 6.43 Å². The molecule has 13 heavy (non-hydrogen) atoms. The minimum absolute atomic E-state index is 0.168. The summed E-state index contributed by atoms with van der Waals surface area (Å²) in [5.41, 5.74) is 0.276. The number of ketones is 1. The average Bonchev–Trinajstić information content (AvgIpc) is 2.03. The molecule has 0 N–H and O–H groups in total. The zero-order valence-electron chi connectivity index (χ0n) is 6.72. The summed E-state index contributed by atoms with van der Waals surface area (Å²) < 4.78 is 24.6. The van der Waals surface area contributed by atoms with Crippen LogP contribution in [0.3, 0.4) is 0 Å². The Kier molecular flexibility index (Phi) is 3.08. The number of pyridine rings is 1. The molecule has 0 saturated carbocycles. The predicted molar refractivity (Wildman–Crippen MR) is 47.0 cm³/mol. The van der Waals surface area contributed by atoms with E-state index in [1.807, 2.05) is 0 Å². The standard InChI is InChI=1S/C8H6BrF2NO/c1-4-2-5(9)3-12-6(4)7(13)8(10)11/h2-3,8H,1H3. The molecule has 0 aromatic carbocycles. The molecule has 1 aromatic heterocycles. The number of aryl methyl sites for hydroxylation is 1. The Morgan fingerprint density at radius 1 is 1.62 bits per heavy atom. The maximum atomic E-state index is 12.0. The Balaban J connectivity index is 3.09. The molecule has 0 fully saturated rings. The number of carbonyl (C=O) groups is 1. The van der Waals surface area contributed by atoms with Crippen molar-refractivity contribution in [1.82, 2.24) is 4.98 Å². The quantitative estimate of drug-likeness (QED) is 0.755. The van der Waals surface area contributed by atoms with Crippen molar-refractivity contribution in [2.45, 2.75) is 13.3 Å². The summed E-state index contributed by atoms with van der Waals surface area (Å²) in [4.78, 5) is 14.5. The summed E-state index contributed by atoms with van der Waals surface area (Å²) in [5.74, 6) is -1.23. The SMILES string of the molecule is Cc1cc(Br)cnc1C(=O)C(F)F. The number of alkyl halides is 2. The van der Waals surface area contributed by atoms with Gasteiger partial charge in [0, 0.05) is 10.7 Å². The third kappa shape index (κ3) is 2.30. The number of nitrogens with zero attached hydrogens (tertiary/aromatic N) is 1. The number of hydrogen-bond acceptors (Lipinski definition) is 2. The van der Waals surface area contributed by atoms with Crippen molar-refractivity contribution in [2.24, 2.45) is 0 Å². The highest BCUT2D eigenvalue weighted by molar-refractivity contribution is 9.10. The second kappa shape index (κ2) is 3.91. The van der Waals surface area contributed by atoms with Gasteiger partial charge in [0.2, 0.25) is 5.78 Å². The number of rotatable bonds is 2. The summed E-state index contributed by atoms with van der Waals surface area (Å²) in [7, 11) is 0. The van der Waals surface area contributed by atoms with Crippen molar-refractivity contribution in [3.05, 3.63) is 28.0 Å². The molecular weight excluding hydrogens is 244 g/mol. The van der Waals surface area contributed by atoms with Gasteiger partial charge in [0.25, 0.3) is 0 Å². The molecule has 2 nitrogen and oxygen atoms in total. The lowest BCUT2D eigenvalue weighted by Gasteiger charge is -2.02. The fraction of sp³-hybridized carbons (Fsp3) is 0.250. The predicted octanol–water partition coefficient (Wildman–Crippen LogP) is 2.60. The van der Waals surface area contributed by atoms with E-state index in [9.17, 15) is 13.6 Å². The Bertz CT molecular complexity index is 341. The molecule has 70 valence electrons. The van der Waals surface area contributed by atoms with E-state index in [0.717, 1.165) is 0 Å². The van der Waals surface area contributed by atoms with E-state index in [1.54, 1.807) is 13.0 Å². The summed E-state index contributed by atoms with van der Waals surface area (Å²) in [6.45, 7) is 1.56. The second-order valence-corrected chi connectivity index (χ2v) is 3.40. The van der Waals surface area contributed by atoms with Gasteiger partial charge < -0.3 is 0 Å². The number of aromatic nitrogens is 1. The van der Waals surface area contributed by atoms with E-state index in [0.29, 0.717) is 10.0 Å². The lowest BCUT2D eigenvalue weighted by atomic mass is 10.1. The van der Waals surface area contributed by atoms with Crippen LogP contribution in [0.2, 0.25) is 0 Å². The number of hydrogen-bond donors (Lipinski definition) is 0. The second-order valence-electron chi connectivity index (χ2n) is 2.48. The van der Waals surface area contributed by atoms with E-state index >= 15 is 0 Å². The van der Waals surface area contributed by atoms with E-state index < -0.39 is 12.2 Å². The van der Waals surface area contributed by atoms with Gasteiger partial charge in [-0.2, -0.15) is 0 Å². The highest BCUT2D eigenvalue weighted by atomic mass is 79.9. The minimum Gasteiger partial charge on any atom is -0.286 e. The first-order valence-electron chi connectivity index (χ1n) is 3.47. The third-order valence-corrected chi connectivity index (χ3v) is 1.91. The highest BCUT2D eigenvalue weighted by Crippen LogP contribution is 2.15. The van der Waals surface area contributed by atoms with Crippen molar-refractivity contribution in [2.75, 3.05) is 0 Å². The van der Waals surface area contributed by atoms with Crippen LogP contribution in [0.4, 0.5) is 8.78 Å². The van der Waals surface area contributed by atoms with Gasteiger partial charge in [-0.25, -0.2) is 8.78 Å². The first-order valence-corrected chi connectivity index (χ1v) is 4.26. The van der Waals surface area contributed by atoms with Crippen LogP contribution in [0.1, 0.15) is 16.1 Å². The van der Waals surface area contributed by atoms with Crippen LogP contribution < -0.4 is 0 Å². The van der Waals surface area contributed by atoms with Crippen molar-refractivity contribution in [3.63, 3.8) is 0 Å². The van der Waals surface area contributed by atoms with Gasteiger partial charge in [-0.3, -0.25) is 9.78 Å². The maximum absolute atomic E-state index is 12.0. The van der Waals surface area contributed by atoms with E-state index in [4.69, 9.17) is 0 Å². The Morgan fingerprint density at radius 2 is 2.23 bits per heavy atom. The molecule has 0 amide bonds. The number of halogens is 3. The van der Waals surface area contributed by atoms with Gasteiger partial charge in [-0.15, -0.1) is 0 Å². The van der Waals surface area contributed by atoms with E-state index in [1.165, 1.54) is 6.20 Å². The summed E-state index contributed by atoms with van der Waals surface area (Å²) in [6.07, 6.45) is -1.67. The van der Waals surface area contributed by atoms with Crippen molar-refractivity contribution in [3.8, 4) is 0 Å². The molecule has 0 aliphatic carbocycles. The summed E-state index contributed by atoms with van der Waals surface area (Å²) in [5, 5.41) is 0. The first kappa shape index (κ1) is 10.2. The molecule has 1 heterocycles. The lowest BCUT2D eigenvalue weighted by Crippen LogP contribution is -2.13. The van der Waals surface area contributed by atoms with Crippen LogP contribution in [0.15, 0.2) is 16.7 Å². The Labute approximate surface area is 82.1 Å². The van der Waals surface area contributed by atoms with Crippen molar-refractivity contribution < 1.29 is 13.6 Å². The first-order chi connectivity index (χ1) is 6.02. The molecule has 0 radical (unpaired) electrons. The summed E-state index contributed by atoms with van der Waals surface area (Å²) in [6, 6.07) is 1.57. The molecule has 1 rings (SSSR count). The topological polar surface area (TPSA) is 30.0 Å². The van der Waals surface area contributed by atoms with Crippen LogP contribution in [0.25, 0.3) is 0 Å². The summed E-state index contributed by atoms with van der Waals surface area (Å²) >= 11 is 3.12. The fourth-order valence-electron chi connectivity index (χ4n) is 0.902. The van der Waals surface area contributed by atoms with E-state index in [-0.39, 0.29) is 5.69 Å². The third-order valence-electron chi connectivity index (χ3n) is 1.48. The van der Waals surface area contributed by atoms with Crippen LogP contribution >= 0.6 is 15.9 Å². The maximum Gasteiger partial charge on any atom is 0.302 e. The monoisotopic (exact) mass is 249 g/mol.